The average Bonchev–Trinajstić information content (AvgIpc) is 2.74. The molecule has 0 spiro atoms. The predicted molar refractivity (Wildman–Crippen MR) is 113 cm³/mol. The Morgan fingerprint density at radius 3 is 2.30 bits per heavy atom. The highest BCUT2D eigenvalue weighted by Crippen LogP contribution is 2.17. The second-order valence-corrected chi connectivity index (χ2v) is 6.11. The highest BCUT2D eigenvalue weighted by molar-refractivity contribution is 6.40. The molecule has 3 aromatic carbocycles. The fourth-order valence-corrected chi connectivity index (χ4v) is 2.51. The van der Waals surface area contributed by atoms with Gasteiger partial charge in [-0.3, -0.25) is 14.4 Å². The zero-order chi connectivity index (χ0) is 21.3. The number of rotatable bonds is 5. The zero-order valence-electron chi connectivity index (χ0n) is 15.7. The van der Waals surface area contributed by atoms with E-state index in [1.54, 1.807) is 48.5 Å². The minimum Gasteiger partial charge on any atom is -0.508 e. The lowest BCUT2D eigenvalue weighted by atomic mass is 10.1. The molecule has 0 aliphatic rings. The van der Waals surface area contributed by atoms with Gasteiger partial charge in [0.05, 0.1) is 17.5 Å². The number of para-hydroxylation sites is 2. The topological polar surface area (TPSA) is 120 Å². The van der Waals surface area contributed by atoms with Crippen molar-refractivity contribution in [1.82, 2.24) is 5.43 Å². The first-order valence-corrected chi connectivity index (χ1v) is 8.92. The third-order valence-electron chi connectivity index (χ3n) is 3.91. The molecule has 4 N–H and O–H groups in total. The van der Waals surface area contributed by atoms with Crippen LogP contribution in [0.1, 0.15) is 15.9 Å². The van der Waals surface area contributed by atoms with Crippen LogP contribution in [0.15, 0.2) is 84.0 Å². The Hall–Kier alpha value is -4.46. The van der Waals surface area contributed by atoms with Crippen molar-refractivity contribution < 1.29 is 19.5 Å². The number of carbonyl (C=O) groups is 3. The van der Waals surface area contributed by atoms with Gasteiger partial charge in [-0.1, -0.05) is 42.5 Å². The molecular formula is C22H18N4O4. The fraction of sp³-hybridized carbons (Fsp3) is 0. The van der Waals surface area contributed by atoms with Crippen LogP contribution in [-0.2, 0) is 9.59 Å². The van der Waals surface area contributed by atoms with Crippen LogP contribution in [0.25, 0.3) is 0 Å². The Morgan fingerprint density at radius 1 is 0.800 bits per heavy atom. The lowest BCUT2D eigenvalue weighted by Gasteiger charge is -2.11. The summed E-state index contributed by atoms with van der Waals surface area (Å²) >= 11 is 0. The molecule has 0 fully saturated rings. The summed E-state index contributed by atoms with van der Waals surface area (Å²) in [7, 11) is 0. The van der Waals surface area contributed by atoms with Crippen LogP contribution < -0.4 is 16.1 Å². The minimum atomic E-state index is -1.01. The molecule has 3 aromatic rings. The first-order valence-electron chi connectivity index (χ1n) is 8.92. The number of amides is 3. The van der Waals surface area contributed by atoms with Crippen molar-refractivity contribution in [2.24, 2.45) is 5.10 Å². The molecule has 0 atom stereocenters. The van der Waals surface area contributed by atoms with Crippen LogP contribution >= 0.6 is 0 Å². The van der Waals surface area contributed by atoms with Crippen LogP contribution in [-0.4, -0.2) is 29.0 Å². The van der Waals surface area contributed by atoms with E-state index in [2.05, 4.69) is 21.2 Å². The number of aromatic hydroxyl groups is 1. The van der Waals surface area contributed by atoms with Crippen molar-refractivity contribution in [2.45, 2.75) is 0 Å². The molecule has 8 nitrogen and oxygen atoms in total. The number of phenolic OH excluding ortho intramolecular Hbond substituents is 1. The molecule has 150 valence electrons. The molecule has 0 radical (unpaired) electrons. The summed E-state index contributed by atoms with van der Waals surface area (Å²) in [5, 5.41) is 18.2. The van der Waals surface area contributed by atoms with Crippen molar-refractivity contribution in [1.29, 1.82) is 0 Å². The number of carbonyl (C=O) groups excluding carboxylic acids is 3. The Kier molecular flexibility index (Phi) is 6.52. The van der Waals surface area contributed by atoms with Gasteiger partial charge in [0.25, 0.3) is 5.91 Å². The van der Waals surface area contributed by atoms with Gasteiger partial charge in [0.15, 0.2) is 0 Å². The van der Waals surface area contributed by atoms with Crippen LogP contribution in [0.4, 0.5) is 11.4 Å². The number of hydrogen-bond acceptors (Lipinski definition) is 5. The number of anilines is 2. The van der Waals surface area contributed by atoms with E-state index in [0.717, 1.165) is 0 Å². The van der Waals surface area contributed by atoms with Gasteiger partial charge in [0.1, 0.15) is 5.75 Å². The highest BCUT2D eigenvalue weighted by Gasteiger charge is 2.17. The van der Waals surface area contributed by atoms with Gasteiger partial charge in [-0.15, -0.1) is 0 Å². The summed E-state index contributed by atoms with van der Waals surface area (Å²) in [4.78, 5) is 36.7. The molecular weight excluding hydrogens is 384 g/mol. The monoisotopic (exact) mass is 402 g/mol. The lowest BCUT2D eigenvalue weighted by Crippen LogP contribution is -2.33. The van der Waals surface area contributed by atoms with E-state index in [1.807, 2.05) is 6.07 Å². The molecule has 0 heterocycles. The molecule has 0 aromatic heterocycles. The molecule has 30 heavy (non-hydrogen) atoms. The van der Waals surface area contributed by atoms with Crippen molar-refractivity contribution >= 4 is 35.3 Å². The first-order chi connectivity index (χ1) is 14.5. The summed E-state index contributed by atoms with van der Waals surface area (Å²) in [6.07, 6.45) is 1.28. The third kappa shape index (κ3) is 5.52. The van der Waals surface area contributed by atoms with Gasteiger partial charge in [-0.2, -0.15) is 5.10 Å². The minimum absolute atomic E-state index is 0.0494. The molecule has 0 saturated heterocycles. The molecule has 0 unspecified atom stereocenters. The highest BCUT2D eigenvalue weighted by atomic mass is 16.3. The number of phenols is 1. The number of benzene rings is 3. The summed E-state index contributed by atoms with van der Waals surface area (Å²) < 4.78 is 0. The van der Waals surface area contributed by atoms with E-state index in [1.165, 1.54) is 30.5 Å². The van der Waals surface area contributed by atoms with Gasteiger partial charge in [0, 0.05) is 5.69 Å². The average molecular weight is 402 g/mol. The Morgan fingerprint density at radius 2 is 1.53 bits per heavy atom. The predicted octanol–water partition coefficient (Wildman–Crippen LogP) is 2.73. The maximum Gasteiger partial charge on any atom is 0.329 e. The Labute approximate surface area is 172 Å². The van der Waals surface area contributed by atoms with Crippen molar-refractivity contribution in [2.75, 3.05) is 10.6 Å². The van der Waals surface area contributed by atoms with E-state index in [0.29, 0.717) is 11.3 Å². The molecule has 0 aliphatic carbocycles. The van der Waals surface area contributed by atoms with Crippen LogP contribution in [0.3, 0.4) is 0 Å². The van der Waals surface area contributed by atoms with Gasteiger partial charge < -0.3 is 15.7 Å². The van der Waals surface area contributed by atoms with Gasteiger partial charge in [-0.25, -0.2) is 5.43 Å². The smallest absolute Gasteiger partial charge is 0.329 e. The van der Waals surface area contributed by atoms with Crippen molar-refractivity contribution in [3.8, 4) is 5.75 Å². The zero-order valence-corrected chi connectivity index (χ0v) is 15.7. The summed E-state index contributed by atoms with van der Waals surface area (Å²) in [6, 6.07) is 21.4. The molecule has 3 rings (SSSR count). The number of hydrazone groups is 1. The van der Waals surface area contributed by atoms with E-state index in [-0.39, 0.29) is 17.0 Å². The van der Waals surface area contributed by atoms with Crippen LogP contribution in [0.2, 0.25) is 0 Å². The molecule has 8 heteroatoms. The summed E-state index contributed by atoms with van der Waals surface area (Å²) in [6.45, 7) is 0. The number of nitrogens with zero attached hydrogens (tertiary/aromatic N) is 1. The molecule has 0 aliphatic heterocycles. The molecule has 3 amide bonds. The second-order valence-electron chi connectivity index (χ2n) is 6.11. The Balaban J connectivity index is 1.63. The maximum absolute atomic E-state index is 12.5. The van der Waals surface area contributed by atoms with Crippen molar-refractivity contribution in [3.63, 3.8) is 0 Å². The lowest BCUT2D eigenvalue weighted by molar-refractivity contribution is -0.136. The summed E-state index contributed by atoms with van der Waals surface area (Å²) in [5.41, 5.74) is 3.62. The van der Waals surface area contributed by atoms with Crippen LogP contribution in [0, 0.1) is 0 Å². The third-order valence-corrected chi connectivity index (χ3v) is 3.91. The van der Waals surface area contributed by atoms with E-state index in [9.17, 15) is 19.5 Å². The van der Waals surface area contributed by atoms with E-state index in [4.69, 9.17) is 0 Å². The standard InChI is InChI=1S/C22H18N4O4/c27-17-10-6-7-15(13-17)14-23-26-22(30)21(29)25-19-12-5-4-11-18(19)20(28)24-16-8-2-1-3-9-16/h1-14,27H,(H,24,28)(H,25,29)(H,26,30)/b23-14+. The van der Waals surface area contributed by atoms with E-state index < -0.39 is 17.7 Å². The van der Waals surface area contributed by atoms with E-state index >= 15 is 0 Å². The summed E-state index contributed by atoms with van der Waals surface area (Å²) in [5.74, 6) is -2.37. The quantitative estimate of drug-likeness (QED) is 0.298. The molecule has 0 bridgehead atoms. The largest absolute Gasteiger partial charge is 0.508 e. The van der Waals surface area contributed by atoms with Gasteiger partial charge in [-0.05, 0) is 42.0 Å². The van der Waals surface area contributed by atoms with Gasteiger partial charge in [0.2, 0.25) is 0 Å². The second kappa shape index (κ2) is 9.65. The molecule has 0 saturated carbocycles. The first kappa shape index (κ1) is 20.3. The number of hydrogen-bond donors (Lipinski definition) is 4. The SMILES string of the molecule is O=C(N/N=C/c1cccc(O)c1)C(=O)Nc1ccccc1C(=O)Nc1ccccc1. The Bertz CT molecular complexity index is 1100. The normalized spacial score (nSPS) is 10.4. The fourth-order valence-electron chi connectivity index (χ4n) is 2.51. The number of nitrogens with one attached hydrogen (secondary N) is 3. The van der Waals surface area contributed by atoms with Gasteiger partial charge >= 0.3 is 11.8 Å². The van der Waals surface area contributed by atoms with Crippen LogP contribution in [0.5, 0.6) is 5.75 Å². The maximum atomic E-state index is 12.5. The van der Waals surface area contributed by atoms with Crippen molar-refractivity contribution in [3.05, 3.63) is 90.0 Å².